The molecule has 1 aromatic rings. The third-order valence-electron chi connectivity index (χ3n) is 4.25. The molecule has 2 nitrogen and oxygen atoms in total. The van der Waals surface area contributed by atoms with Crippen LogP contribution in [0.2, 0.25) is 0 Å². The van der Waals surface area contributed by atoms with Gasteiger partial charge in [-0.05, 0) is 70.8 Å². The molecule has 0 saturated carbocycles. The lowest BCUT2D eigenvalue weighted by Gasteiger charge is -2.43. The first-order valence-corrected chi connectivity index (χ1v) is 7.07. The van der Waals surface area contributed by atoms with Crippen molar-refractivity contribution in [2.45, 2.75) is 46.1 Å². The lowest BCUT2D eigenvalue weighted by molar-refractivity contribution is 0.387. The molecule has 1 aliphatic rings. The van der Waals surface area contributed by atoms with Gasteiger partial charge in [0.1, 0.15) is 0 Å². The minimum absolute atomic E-state index is 0.228. The Kier molecular flexibility index (Phi) is 3.96. The maximum atomic E-state index is 3.51. The van der Waals surface area contributed by atoms with E-state index in [1.807, 2.05) is 0 Å². The van der Waals surface area contributed by atoms with Crippen LogP contribution in [0.25, 0.3) is 0 Å². The zero-order chi connectivity index (χ0) is 13.2. The van der Waals surface area contributed by atoms with Crippen molar-refractivity contribution in [3.05, 3.63) is 29.3 Å². The van der Waals surface area contributed by atoms with E-state index in [2.05, 4.69) is 56.1 Å². The van der Waals surface area contributed by atoms with Crippen molar-refractivity contribution in [3.8, 4) is 0 Å². The Morgan fingerprint density at radius 2 is 1.94 bits per heavy atom. The van der Waals surface area contributed by atoms with E-state index in [9.17, 15) is 0 Å². The summed E-state index contributed by atoms with van der Waals surface area (Å²) >= 11 is 0. The third-order valence-corrected chi connectivity index (χ3v) is 4.25. The highest BCUT2D eigenvalue weighted by molar-refractivity contribution is 5.57. The zero-order valence-electron chi connectivity index (χ0n) is 12.2. The van der Waals surface area contributed by atoms with Crippen LogP contribution >= 0.6 is 0 Å². The molecule has 0 amide bonds. The van der Waals surface area contributed by atoms with Gasteiger partial charge < -0.3 is 10.2 Å². The zero-order valence-corrected chi connectivity index (χ0v) is 12.2. The van der Waals surface area contributed by atoms with Gasteiger partial charge in [0.2, 0.25) is 0 Å². The summed E-state index contributed by atoms with van der Waals surface area (Å²) in [5.41, 5.74) is 4.47. The van der Waals surface area contributed by atoms with Crippen molar-refractivity contribution in [3.63, 3.8) is 0 Å². The fourth-order valence-electron chi connectivity index (χ4n) is 2.79. The number of hydrogen-bond acceptors (Lipinski definition) is 2. The molecule has 0 aromatic heterocycles. The molecule has 1 aromatic carbocycles. The molecule has 2 heteroatoms. The molecular formula is C16H26N2. The van der Waals surface area contributed by atoms with E-state index in [1.165, 1.54) is 29.7 Å². The minimum Gasteiger partial charge on any atom is -0.366 e. The van der Waals surface area contributed by atoms with Gasteiger partial charge in [0, 0.05) is 17.8 Å². The first-order valence-electron chi connectivity index (χ1n) is 7.07. The summed E-state index contributed by atoms with van der Waals surface area (Å²) in [7, 11) is 0. The Bertz CT molecular complexity index is 410. The van der Waals surface area contributed by atoms with Crippen molar-refractivity contribution in [2.75, 3.05) is 24.5 Å². The summed E-state index contributed by atoms with van der Waals surface area (Å²) in [6.45, 7) is 12.6. The first kappa shape index (κ1) is 13.4. The second-order valence-corrected chi connectivity index (χ2v) is 6.04. The van der Waals surface area contributed by atoms with E-state index < -0.39 is 0 Å². The van der Waals surface area contributed by atoms with Crippen LogP contribution in [0.4, 0.5) is 5.69 Å². The molecule has 0 spiro atoms. The van der Waals surface area contributed by atoms with Crippen LogP contribution in [0.1, 0.15) is 37.8 Å². The van der Waals surface area contributed by atoms with Crippen LogP contribution in [0, 0.1) is 13.8 Å². The maximum Gasteiger partial charge on any atom is 0.0403 e. The summed E-state index contributed by atoms with van der Waals surface area (Å²) in [6, 6.07) is 6.67. The predicted octanol–water partition coefficient (Wildman–Crippen LogP) is 3.27. The molecule has 0 bridgehead atoms. The van der Waals surface area contributed by atoms with Gasteiger partial charge in [0.05, 0.1) is 0 Å². The fourth-order valence-corrected chi connectivity index (χ4v) is 2.79. The molecule has 1 saturated heterocycles. The number of nitrogens with zero attached hydrogens (tertiary/aromatic N) is 1. The Labute approximate surface area is 111 Å². The number of nitrogens with one attached hydrogen (secondary N) is 1. The number of benzene rings is 1. The number of rotatable bonds is 1. The van der Waals surface area contributed by atoms with Gasteiger partial charge >= 0.3 is 0 Å². The normalized spacial score (nSPS) is 20.3. The lowest BCUT2D eigenvalue weighted by Crippen LogP contribution is -2.49. The lowest BCUT2D eigenvalue weighted by atomic mass is 9.94. The van der Waals surface area contributed by atoms with Gasteiger partial charge in [-0.25, -0.2) is 0 Å². The number of hydrogen-bond donors (Lipinski definition) is 1. The van der Waals surface area contributed by atoms with Crippen LogP contribution in [0.15, 0.2) is 18.2 Å². The molecule has 2 rings (SSSR count). The van der Waals surface area contributed by atoms with Gasteiger partial charge in [-0.1, -0.05) is 12.1 Å². The van der Waals surface area contributed by atoms with E-state index in [-0.39, 0.29) is 5.54 Å². The number of aryl methyl sites for hydroxylation is 1. The summed E-state index contributed by atoms with van der Waals surface area (Å²) < 4.78 is 0. The van der Waals surface area contributed by atoms with E-state index in [1.54, 1.807) is 0 Å². The van der Waals surface area contributed by atoms with Crippen LogP contribution in [-0.4, -0.2) is 25.2 Å². The molecule has 100 valence electrons. The van der Waals surface area contributed by atoms with E-state index in [0.29, 0.717) is 0 Å². The van der Waals surface area contributed by atoms with Crippen LogP contribution in [-0.2, 0) is 0 Å². The van der Waals surface area contributed by atoms with E-state index >= 15 is 0 Å². The van der Waals surface area contributed by atoms with Gasteiger partial charge in [-0.3, -0.25) is 0 Å². The summed E-state index contributed by atoms with van der Waals surface area (Å²) in [6.07, 6.45) is 2.41. The fraction of sp³-hybridized carbons (Fsp3) is 0.625. The molecular weight excluding hydrogens is 220 g/mol. The van der Waals surface area contributed by atoms with Crippen molar-refractivity contribution in [1.29, 1.82) is 0 Å². The molecule has 1 aliphatic heterocycles. The highest BCUT2D eigenvalue weighted by Crippen LogP contribution is 2.31. The molecule has 0 radical (unpaired) electrons. The highest BCUT2D eigenvalue weighted by atomic mass is 15.2. The van der Waals surface area contributed by atoms with Crippen LogP contribution in [0.5, 0.6) is 0 Å². The Balaban J connectivity index is 2.35. The molecule has 0 unspecified atom stereocenters. The summed E-state index contributed by atoms with van der Waals surface area (Å²) in [5.74, 6) is 0. The van der Waals surface area contributed by atoms with E-state index in [4.69, 9.17) is 0 Å². The van der Waals surface area contributed by atoms with Gasteiger partial charge in [-0.2, -0.15) is 0 Å². The van der Waals surface area contributed by atoms with Crippen molar-refractivity contribution in [1.82, 2.24) is 5.32 Å². The SMILES string of the molecule is Cc1cccc(N2CCCNCCC2(C)C)c1C. The molecule has 1 N–H and O–H groups in total. The molecule has 0 aliphatic carbocycles. The third kappa shape index (κ3) is 2.69. The van der Waals surface area contributed by atoms with Gasteiger partial charge in [0.15, 0.2) is 0 Å². The minimum atomic E-state index is 0.228. The second-order valence-electron chi connectivity index (χ2n) is 6.04. The quantitative estimate of drug-likeness (QED) is 0.818. The maximum absolute atomic E-state index is 3.51. The summed E-state index contributed by atoms with van der Waals surface area (Å²) in [4.78, 5) is 2.61. The molecule has 18 heavy (non-hydrogen) atoms. The van der Waals surface area contributed by atoms with Crippen molar-refractivity contribution in [2.24, 2.45) is 0 Å². The van der Waals surface area contributed by atoms with Crippen molar-refractivity contribution >= 4 is 5.69 Å². The average Bonchev–Trinajstić information content (AvgIpc) is 2.30. The Morgan fingerprint density at radius 3 is 2.72 bits per heavy atom. The largest absolute Gasteiger partial charge is 0.366 e. The Morgan fingerprint density at radius 1 is 1.17 bits per heavy atom. The highest BCUT2D eigenvalue weighted by Gasteiger charge is 2.28. The van der Waals surface area contributed by atoms with E-state index in [0.717, 1.165) is 19.6 Å². The smallest absolute Gasteiger partial charge is 0.0403 e. The number of anilines is 1. The second kappa shape index (κ2) is 5.31. The average molecular weight is 246 g/mol. The van der Waals surface area contributed by atoms with Crippen LogP contribution < -0.4 is 10.2 Å². The topological polar surface area (TPSA) is 15.3 Å². The first-order chi connectivity index (χ1) is 8.52. The van der Waals surface area contributed by atoms with Crippen LogP contribution in [0.3, 0.4) is 0 Å². The molecule has 0 atom stereocenters. The van der Waals surface area contributed by atoms with Gasteiger partial charge in [-0.15, -0.1) is 0 Å². The van der Waals surface area contributed by atoms with Gasteiger partial charge in [0.25, 0.3) is 0 Å². The molecule has 1 heterocycles. The monoisotopic (exact) mass is 246 g/mol. The predicted molar refractivity (Wildman–Crippen MR) is 79.4 cm³/mol. The molecule has 1 fully saturated rings. The summed E-state index contributed by atoms with van der Waals surface area (Å²) in [5, 5.41) is 3.51. The standard InChI is InChI=1S/C16H26N2/c1-13-7-5-8-15(14(13)2)18-12-6-10-17-11-9-16(18,3)4/h5,7-8,17H,6,9-12H2,1-4H3. The van der Waals surface area contributed by atoms with Crippen molar-refractivity contribution < 1.29 is 0 Å². The Hall–Kier alpha value is -1.02.